The van der Waals surface area contributed by atoms with E-state index in [0.717, 1.165) is 5.88 Å². The molecule has 2 saturated heterocycles. The average Bonchev–Trinajstić information content (AvgIpc) is 2.36. The van der Waals surface area contributed by atoms with Crippen molar-refractivity contribution in [2.24, 2.45) is 0 Å². The van der Waals surface area contributed by atoms with Gasteiger partial charge < -0.3 is 5.32 Å². The van der Waals surface area contributed by atoms with Gasteiger partial charge in [-0.15, -0.1) is 11.8 Å². The summed E-state index contributed by atoms with van der Waals surface area (Å²) in [6.45, 7) is 0.606. The number of nitrogens with one attached hydrogen (secondary N) is 3. The zero-order valence-electron chi connectivity index (χ0n) is 5.39. The number of amides is 1. The van der Waals surface area contributed by atoms with E-state index in [1.54, 1.807) is 11.8 Å². The lowest BCUT2D eigenvalue weighted by atomic mass is 10.2. The van der Waals surface area contributed by atoms with E-state index < -0.39 is 0 Å². The Hall–Kier alpha value is -0.260. The fourth-order valence-electron chi connectivity index (χ4n) is 1.19. The number of fused-ring (bicyclic) bond motifs is 1. The minimum atomic E-state index is -0.0150. The summed E-state index contributed by atoms with van der Waals surface area (Å²) in [5, 5.41) is 9.29. The van der Waals surface area contributed by atoms with Crippen molar-refractivity contribution >= 4 is 17.7 Å². The Morgan fingerprint density at radius 3 is 3.20 bits per heavy atom. The van der Waals surface area contributed by atoms with Crippen molar-refractivity contribution in [1.29, 1.82) is 0 Å². The monoisotopic (exact) mass is 159 g/mol. The van der Waals surface area contributed by atoms with Gasteiger partial charge >= 0.3 is 0 Å². The van der Waals surface area contributed by atoms with Gasteiger partial charge in [0.2, 0.25) is 5.91 Å². The number of carbonyl (C=O) groups excluding carboxylic acids is 1. The van der Waals surface area contributed by atoms with Gasteiger partial charge in [0.25, 0.3) is 0 Å². The van der Waals surface area contributed by atoms with Crippen molar-refractivity contribution in [3.8, 4) is 0 Å². The third kappa shape index (κ3) is 0.902. The van der Waals surface area contributed by atoms with Crippen molar-refractivity contribution in [3.63, 3.8) is 0 Å². The first kappa shape index (κ1) is 6.45. The number of hydrogen-bond acceptors (Lipinski definition) is 4. The molecule has 56 valence electrons. The highest BCUT2D eigenvalue weighted by Gasteiger charge is 2.35. The predicted octanol–water partition coefficient (Wildman–Crippen LogP) is -1.35. The molecule has 2 unspecified atom stereocenters. The maximum atomic E-state index is 11.0. The Morgan fingerprint density at radius 1 is 1.50 bits per heavy atom. The quantitative estimate of drug-likeness (QED) is 0.409. The summed E-state index contributed by atoms with van der Waals surface area (Å²) in [6.07, 6.45) is 0. The van der Waals surface area contributed by atoms with Crippen molar-refractivity contribution in [2.75, 3.05) is 12.5 Å². The first-order chi connectivity index (χ1) is 4.88. The largest absolute Gasteiger partial charge is 0.342 e. The second-order valence-electron chi connectivity index (χ2n) is 2.34. The summed E-state index contributed by atoms with van der Waals surface area (Å²) >= 11 is 1.75. The summed E-state index contributed by atoms with van der Waals surface area (Å²) in [7, 11) is 0. The normalized spacial score (nSPS) is 39.0. The predicted molar refractivity (Wildman–Crippen MR) is 39.3 cm³/mol. The lowest BCUT2D eigenvalue weighted by molar-refractivity contribution is -0.124. The minimum absolute atomic E-state index is 0.0150. The minimum Gasteiger partial charge on any atom is -0.342 e. The van der Waals surface area contributed by atoms with Gasteiger partial charge in [-0.1, -0.05) is 0 Å². The molecular weight excluding hydrogens is 150 g/mol. The van der Waals surface area contributed by atoms with E-state index in [-0.39, 0.29) is 17.3 Å². The van der Waals surface area contributed by atoms with Crippen LogP contribution in [0.1, 0.15) is 0 Å². The standard InChI is InChI=1S/C5H9N3OS/c9-4-3-5(7-1-6-4)10-2-8-3/h3,5,7-8H,1-2H2,(H,6,9). The Balaban J connectivity index is 2.10. The maximum Gasteiger partial charge on any atom is 0.240 e. The topological polar surface area (TPSA) is 53.2 Å². The summed E-state index contributed by atoms with van der Waals surface area (Å²) < 4.78 is 0. The highest BCUT2D eigenvalue weighted by molar-refractivity contribution is 8.00. The Morgan fingerprint density at radius 2 is 2.40 bits per heavy atom. The summed E-state index contributed by atoms with van der Waals surface area (Å²) in [5.41, 5.74) is 0. The van der Waals surface area contributed by atoms with Gasteiger partial charge in [0, 0.05) is 5.88 Å². The molecule has 0 aromatic heterocycles. The van der Waals surface area contributed by atoms with E-state index in [1.807, 2.05) is 0 Å². The first-order valence-corrected chi connectivity index (χ1v) is 4.29. The van der Waals surface area contributed by atoms with Crippen LogP contribution in [0, 0.1) is 0 Å². The number of thioether (sulfide) groups is 1. The molecule has 0 saturated carbocycles. The lowest BCUT2D eigenvalue weighted by Crippen LogP contribution is -2.58. The third-order valence-electron chi connectivity index (χ3n) is 1.72. The molecule has 2 aliphatic heterocycles. The summed E-state index contributed by atoms with van der Waals surface area (Å²) in [5.74, 6) is 0.990. The van der Waals surface area contributed by atoms with Gasteiger partial charge in [-0.3, -0.25) is 15.4 Å². The smallest absolute Gasteiger partial charge is 0.240 e. The first-order valence-electron chi connectivity index (χ1n) is 3.24. The molecule has 2 atom stereocenters. The van der Waals surface area contributed by atoms with Crippen LogP contribution in [0.4, 0.5) is 0 Å². The fourth-order valence-corrected chi connectivity index (χ4v) is 2.26. The van der Waals surface area contributed by atoms with Crippen molar-refractivity contribution in [2.45, 2.75) is 11.4 Å². The molecule has 2 rings (SSSR count). The maximum absolute atomic E-state index is 11.0. The molecule has 1 amide bonds. The molecule has 0 aromatic rings. The molecule has 10 heavy (non-hydrogen) atoms. The zero-order chi connectivity index (χ0) is 6.97. The van der Waals surface area contributed by atoms with Gasteiger partial charge in [0.05, 0.1) is 12.0 Å². The number of rotatable bonds is 0. The van der Waals surface area contributed by atoms with Crippen LogP contribution in [0.15, 0.2) is 0 Å². The lowest BCUT2D eigenvalue weighted by Gasteiger charge is -2.24. The van der Waals surface area contributed by atoms with Gasteiger partial charge in [0.1, 0.15) is 6.04 Å². The Kier molecular flexibility index (Phi) is 1.55. The van der Waals surface area contributed by atoms with Crippen molar-refractivity contribution in [3.05, 3.63) is 0 Å². The van der Waals surface area contributed by atoms with Gasteiger partial charge in [-0.05, 0) is 0 Å². The number of hydrogen-bond donors (Lipinski definition) is 3. The highest BCUT2D eigenvalue weighted by atomic mass is 32.2. The summed E-state index contributed by atoms with van der Waals surface area (Å²) in [4.78, 5) is 11.0. The molecule has 0 aromatic carbocycles. The van der Waals surface area contributed by atoms with Gasteiger partial charge in [0.15, 0.2) is 0 Å². The van der Waals surface area contributed by atoms with E-state index in [9.17, 15) is 4.79 Å². The van der Waals surface area contributed by atoms with Crippen LogP contribution >= 0.6 is 11.8 Å². The third-order valence-corrected chi connectivity index (χ3v) is 2.85. The molecule has 0 spiro atoms. The van der Waals surface area contributed by atoms with Gasteiger partial charge in [-0.25, -0.2) is 0 Å². The van der Waals surface area contributed by atoms with Crippen LogP contribution in [0.5, 0.6) is 0 Å². The van der Waals surface area contributed by atoms with E-state index in [1.165, 1.54) is 0 Å². The van der Waals surface area contributed by atoms with Crippen LogP contribution in [0.2, 0.25) is 0 Å². The van der Waals surface area contributed by atoms with Crippen LogP contribution in [0.25, 0.3) is 0 Å². The SMILES string of the molecule is O=C1NCNC2SCNC12. The van der Waals surface area contributed by atoms with E-state index in [4.69, 9.17) is 0 Å². The molecule has 5 heteroatoms. The molecule has 0 bridgehead atoms. The molecule has 2 heterocycles. The van der Waals surface area contributed by atoms with Crippen LogP contribution in [-0.4, -0.2) is 29.9 Å². The molecule has 3 N–H and O–H groups in total. The van der Waals surface area contributed by atoms with Crippen molar-refractivity contribution in [1.82, 2.24) is 16.0 Å². The molecule has 0 aliphatic carbocycles. The van der Waals surface area contributed by atoms with Gasteiger partial charge in [-0.2, -0.15) is 0 Å². The second kappa shape index (κ2) is 2.41. The zero-order valence-corrected chi connectivity index (χ0v) is 6.20. The Labute approximate surface area is 63.1 Å². The number of carbonyl (C=O) groups is 1. The van der Waals surface area contributed by atoms with E-state index >= 15 is 0 Å². The molecule has 4 nitrogen and oxygen atoms in total. The van der Waals surface area contributed by atoms with Crippen LogP contribution in [-0.2, 0) is 4.79 Å². The summed E-state index contributed by atoms with van der Waals surface area (Å²) in [6, 6.07) is -0.0150. The van der Waals surface area contributed by atoms with Crippen LogP contribution < -0.4 is 16.0 Å². The molecular formula is C5H9N3OS. The molecule has 2 aliphatic rings. The fraction of sp³-hybridized carbons (Fsp3) is 0.800. The highest BCUT2D eigenvalue weighted by Crippen LogP contribution is 2.19. The van der Waals surface area contributed by atoms with E-state index in [0.29, 0.717) is 6.67 Å². The molecule has 2 fully saturated rings. The second-order valence-corrected chi connectivity index (χ2v) is 3.47. The average molecular weight is 159 g/mol. The van der Waals surface area contributed by atoms with Crippen molar-refractivity contribution < 1.29 is 4.79 Å². The van der Waals surface area contributed by atoms with Crippen LogP contribution in [0.3, 0.4) is 0 Å². The Bertz CT molecular complexity index is 163. The molecule has 0 radical (unpaired) electrons. The van der Waals surface area contributed by atoms with E-state index in [2.05, 4.69) is 16.0 Å².